The van der Waals surface area contributed by atoms with Crippen LogP contribution in [0.5, 0.6) is 5.75 Å². The summed E-state index contributed by atoms with van der Waals surface area (Å²) >= 11 is 5.52. The molecular formula is C13H20ClNO3S. The summed E-state index contributed by atoms with van der Waals surface area (Å²) in [5.41, 5.74) is 1.04. The van der Waals surface area contributed by atoms with Gasteiger partial charge < -0.3 is 4.74 Å². The molecule has 0 bridgehead atoms. The Morgan fingerprint density at radius 1 is 1.32 bits per heavy atom. The van der Waals surface area contributed by atoms with E-state index in [1.54, 1.807) is 7.11 Å². The van der Waals surface area contributed by atoms with E-state index in [2.05, 4.69) is 4.72 Å². The first-order chi connectivity index (χ1) is 9.07. The SMILES string of the molecule is COc1cccc(CCNS(=O)(=O)CCCCCl)c1. The molecular weight excluding hydrogens is 286 g/mol. The predicted octanol–water partition coefficient (Wildman–Crippen LogP) is 2.18. The summed E-state index contributed by atoms with van der Waals surface area (Å²) in [6, 6.07) is 7.61. The standard InChI is InChI=1S/C13H20ClNO3S/c1-18-13-6-4-5-12(11-13)7-9-15-19(16,17)10-3-2-8-14/h4-6,11,15H,2-3,7-10H2,1H3. The van der Waals surface area contributed by atoms with E-state index in [0.29, 0.717) is 25.3 Å². The van der Waals surface area contributed by atoms with Crippen LogP contribution in [0.15, 0.2) is 24.3 Å². The van der Waals surface area contributed by atoms with E-state index >= 15 is 0 Å². The maximum absolute atomic E-state index is 11.6. The molecule has 0 heterocycles. The summed E-state index contributed by atoms with van der Waals surface area (Å²) < 4.78 is 31.0. The minimum atomic E-state index is -3.18. The summed E-state index contributed by atoms with van der Waals surface area (Å²) in [7, 11) is -1.57. The fourth-order valence-electron chi connectivity index (χ4n) is 1.64. The average Bonchev–Trinajstić information content (AvgIpc) is 2.39. The number of hydrogen-bond donors (Lipinski definition) is 1. The fourth-order valence-corrected chi connectivity index (χ4v) is 2.97. The summed E-state index contributed by atoms with van der Waals surface area (Å²) in [5.74, 6) is 1.42. The van der Waals surface area contributed by atoms with E-state index in [4.69, 9.17) is 16.3 Å². The zero-order chi connectivity index (χ0) is 14.1. The quantitative estimate of drug-likeness (QED) is 0.562. The molecule has 0 unspecified atom stereocenters. The molecule has 1 aromatic carbocycles. The lowest BCUT2D eigenvalue weighted by molar-refractivity contribution is 0.414. The molecule has 1 aromatic rings. The zero-order valence-electron chi connectivity index (χ0n) is 11.1. The predicted molar refractivity (Wildman–Crippen MR) is 78.4 cm³/mol. The molecule has 0 aliphatic heterocycles. The molecule has 108 valence electrons. The third-order valence-electron chi connectivity index (χ3n) is 2.67. The van der Waals surface area contributed by atoms with Crippen molar-refractivity contribution in [3.63, 3.8) is 0 Å². The molecule has 1 rings (SSSR count). The van der Waals surface area contributed by atoms with Crippen LogP contribution in [0.4, 0.5) is 0 Å². The molecule has 0 radical (unpaired) electrons. The summed E-state index contributed by atoms with van der Waals surface area (Å²) in [4.78, 5) is 0. The molecule has 6 heteroatoms. The van der Waals surface area contributed by atoms with Crippen molar-refractivity contribution in [2.24, 2.45) is 0 Å². The van der Waals surface area contributed by atoms with Crippen LogP contribution in [-0.4, -0.2) is 33.7 Å². The molecule has 0 saturated carbocycles. The Hall–Kier alpha value is -0.780. The summed E-state index contributed by atoms with van der Waals surface area (Å²) in [6.45, 7) is 0.399. The van der Waals surface area contributed by atoms with E-state index in [1.165, 1.54) is 0 Å². The van der Waals surface area contributed by atoms with Crippen LogP contribution in [0.1, 0.15) is 18.4 Å². The molecule has 0 amide bonds. The van der Waals surface area contributed by atoms with Crippen LogP contribution in [0.25, 0.3) is 0 Å². The van der Waals surface area contributed by atoms with Crippen molar-refractivity contribution in [2.75, 3.05) is 25.3 Å². The Bertz CT molecular complexity index is 477. The third kappa shape index (κ3) is 6.80. The highest BCUT2D eigenvalue weighted by Crippen LogP contribution is 2.12. The highest BCUT2D eigenvalue weighted by Gasteiger charge is 2.08. The van der Waals surface area contributed by atoms with Gasteiger partial charge in [-0.2, -0.15) is 0 Å². The number of alkyl halides is 1. The van der Waals surface area contributed by atoms with Gasteiger partial charge in [-0.25, -0.2) is 13.1 Å². The monoisotopic (exact) mass is 305 g/mol. The van der Waals surface area contributed by atoms with E-state index < -0.39 is 10.0 Å². The molecule has 19 heavy (non-hydrogen) atoms. The Kier molecular flexibility index (Phi) is 7.20. The van der Waals surface area contributed by atoms with Crippen LogP contribution in [0.2, 0.25) is 0 Å². The van der Waals surface area contributed by atoms with Crippen LogP contribution < -0.4 is 9.46 Å². The number of methoxy groups -OCH3 is 1. The van der Waals surface area contributed by atoms with E-state index in [1.807, 2.05) is 24.3 Å². The van der Waals surface area contributed by atoms with E-state index in [0.717, 1.165) is 17.7 Å². The van der Waals surface area contributed by atoms with Gasteiger partial charge in [0.05, 0.1) is 12.9 Å². The van der Waals surface area contributed by atoms with Crippen LogP contribution >= 0.6 is 11.6 Å². The van der Waals surface area contributed by atoms with Crippen molar-refractivity contribution in [3.8, 4) is 5.75 Å². The third-order valence-corrected chi connectivity index (χ3v) is 4.40. The van der Waals surface area contributed by atoms with Gasteiger partial charge in [0.1, 0.15) is 5.75 Å². The van der Waals surface area contributed by atoms with Crippen molar-refractivity contribution in [1.82, 2.24) is 4.72 Å². The molecule has 0 atom stereocenters. The maximum atomic E-state index is 11.6. The number of sulfonamides is 1. The zero-order valence-corrected chi connectivity index (χ0v) is 12.6. The minimum absolute atomic E-state index is 0.137. The largest absolute Gasteiger partial charge is 0.497 e. The van der Waals surface area contributed by atoms with Crippen LogP contribution in [0, 0.1) is 0 Å². The molecule has 0 saturated heterocycles. The number of nitrogens with one attached hydrogen (secondary N) is 1. The van der Waals surface area contributed by atoms with Gasteiger partial charge in [0.2, 0.25) is 10.0 Å². The molecule has 0 fully saturated rings. The Labute approximate surface area is 120 Å². The van der Waals surface area contributed by atoms with E-state index in [9.17, 15) is 8.42 Å². The topological polar surface area (TPSA) is 55.4 Å². The molecule has 0 aliphatic carbocycles. The van der Waals surface area contributed by atoms with Crippen molar-refractivity contribution >= 4 is 21.6 Å². The van der Waals surface area contributed by atoms with Gasteiger partial charge in [0.15, 0.2) is 0 Å². The van der Waals surface area contributed by atoms with Crippen LogP contribution in [0.3, 0.4) is 0 Å². The first-order valence-electron chi connectivity index (χ1n) is 6.23. The number of unbranched alkanes of at least 4 members (excludes halogenated alkanes) is 1. The lowest BCUT2D eigenvalue weighted by atomic mass is 10.1. The Morgan fingerprint density at radius 3 is 2.79 bits per heavy atom. The van der Waals surface area contributed by atoms with E-state index in [-0.39, 0.29) is 5.75 Å². The molecule has 0 spiro atoms. The number of rotatable bonds is 9. The molecule has 1 N–H and O–H groups in total. The second-order valence-electron chi connectivity index (χ2n) is 4.21. The molecule has 4 nitrogen and oxygen atoms in total. The van der Waals surface area contributed by atoms with Crippen molar-refractivity contribution < 1.29 is 13.2 Å². The normalized spacial score (nSPS) is 11.5. The lowest BCUT2D eigenvalue weighted by Gasteiger charge is -2.07. The lowest BCUT2D eigenvalue weighted by Crippen LogP contribution is -2.28. The minimum Gasteiger partial charge on any atom is -0.497 e. The van der Waals surface area contributed by atoms with Gasteiger partial charge in [0, 0.05) is 12.4 Å². The Balaban J connectivity index is 2.36. The van der Waals surface area contributed by atoms with Gasteiger partial charge >= 0.3 is 0 Å². The second-order valence-corrected chi connectivity index (χ2v) is 6.52. The van der Waals surface area contributed by atoms with Gasteiger partial charge in [-0.15, -0.1) is 11.6 Å². The van der Waals surface area contributed by atoms with Gasteiger partial charge in [0.25, 0.3) is 0 Å². The summed E-state index contributed by atoms with van der Waals surface area (Å²) in [5, 5.41) is 0. The highest BCUT2D eigenvalue weighted by molar-refractivity contribution is 7.89. The number of halogens is 1. The average molecular weight is 306 g/mol. The van der Waals surface area contributed by atoms with Gasteiger partial charge in [-0.3, -0.25) is 0 Å². The van der Waals surface area contributed by atoms with Gasteiger partial charge in [-0.1, -0.05) is 12.1 Å². The number of hydrogen-bond acceptors (Lipinski definition) is 3. The fraction of sp³-hybridized carbons (Fsp3) is 0.538. The van der Waals surface area contributed by atoms with Crippen molar-refractivity contribution in [3.05, 3.63) is 29.8 Å². The number of benzene rings is 1. The first kappa shape index (κ1) is 16.3. The summed E-state index contributed by atoms with van der Waals surface area (Å²) in [6.07, 6.45) is 1.96. The highest BCUT2D eigenvalue weighted by atomic mass is 35.5. The van der Waals surface area contributed by atoms with Crippen LogP contribution in [-0.2, 0) is 16.4 Å². The number of ether oxygens (including phenoxy) is 1. The molecule has 0 aromatic heterocycles. The Morgan fingerprint density at radius 2 is 2.11 bits per heavy atom. The van der Waals surface area contributed by atoms with Crippen molar-refractivity contribution in [2.45, 2.75) is 19.3 Å². The molecule has 0 aliphatic rings. The van der Waals surface area contributed by atoms with Crippen molar-refractivity contribution in [1.29, 1.82) is 0 Å². The van der Waals surface area contributed by atoms with Gasteiger partial charge in [-0.05, 0) is 37.0 Å². The smallest absolute Gasteiger partial charge is 0.211 e. The first-order valence-corrected chi connectivity index (χ1v) is 8.42. The maximum Gasteiger partial charge on any atom is 0.211 e. The second kappa shape index (κ2) is 8.40.